The van der Waals surface area contributed by atoms with Crippen LogP contribution in [0.5, 0.6) is 0 Å². The molecule has 0 radical (unpaired) electrons. The van der Waals surface area contributed by atoms with E-state index in [0.717, 1.165) is 0 Å². The highest BCUT2D eigenvalue weighted by Gasteiger charge is 1.87. The molecule has 0 saturated carbocycles. The zero-order valence-electron chi connectivity index (χ0n) is 7.17. The van der Waals surface area contributed by atoms with E-state index in [1.807, 2.05) is 0 Å². The van der Waals surface area contributed by atoms with Crippen molar-refractivity contribution < 1.29 is 9.47 Å². The van der Waals surface area contributed by atoms with Crippen LogP contribution < -0.4 is 0 Å². The van der Waals surface area contributed by atoms with Crippen LogP contribution in [0.25, 0.3) is 0 Å². The van der Waals surface area contributed by atoms with Crippen LogP contribution >= 0.6 is 0 Å². The fourth-order valence-electron chi connectivity index (χ4n) is 0.436. The van der Waals surface area contributed by atoms with E-state index in [0.29, 0.717) is 11.5 Å². The summed E-state index contributed by atoms with van der Waals surface area (Å²) in [5, 5.41) is 0. The Labute approximate surface area is 73.2 Å². The van der Waals surface area contributed by atoms with Gasteiger partial charge in [-0.2, -0.15) is 0 Å². The van der Waals surface area contributed by atoms with Gasteiger partial charge < -0.3 is 9.47 Å². The molecule has 0 bridgehead atoms. The largest absolute Gasteiger partial charge is 0.497 e. The third-order valence-electron chi connectivity index (χ3n) is 1.06. The predicted octanol–water partition coefficient (Wildman–Crippen LogP) is 1.87. The number of rotatable bonds is 5. The van der Waals surface area contributed by atoms with Gasteiger partial charge in [0.25, 0.3) is 0 Å². The number of allylic oxidation sites excluding steroid dienone is 2. The molecule has 0 rings (SSSR count). The molecule has 12 heavy (non-hydrogen) atoms. The maximum absolute atomic E-state index is 4.98. The molecular formula is C10H12O2. The number of methoxy groups -OCH3 is 1. The highest BCUT2D eigenvalue weighted by atomic mass is 16.5. The average Bonchev–Trinajstić information content (AvgIpc) is 2.10. The van der Waals surface area contributed by atoms with Crippen LogP contribution in [0.4, 0.5) is 0 Å². The summed E-state index contributed by atoms with van der Waals surface area (Å²) in [7, 11) is 1.54. The van der Waals surface area contributed by atoms with Crippen LogP contribution in [0.1, 0.15) is 0 Å². The summed E-state index contributed by atoms with van der Waals surface area (Å²) in [6.07, 6.45) is 8.27. The zero-order chi connectivity index (χ0) is 9.40. The summed E-state index contributed by atoms with van der Waals surface area (Å²) in [4.78, 5) is 0. The van der Waals surface area contributed by atoms with Crippen molar-refractivity contribution >= 4 is 0 Å². The lowest BCUT2D eigenvalue weighted by Crippen LogP contribution is -1.88. The van der Waals surface area contributed by atoms with Gasteiger partial charge in [0, 0.05) is 0 Å². The van der Waals surface area contributed by atoms with Gasteiger partial charge in [-0.25, -0.2) is 0 Å². The topological polar surface area (TPSA) is 18.5 Å². The Balaban J connectivity index is 3.77. The van der Waals surface area contributed by atoms with Gasteiger partial charge >= 0.3 is 0 Å². The standard InChI is InChI=1S/C10H12O2/c1-5-8-12-10(3)7-6-9(2)11-4/h1,6-7H,2-3,8H2,4H3/b7-6-. The second kappa shape index (κ2) is 6.11. The van der Waals surface area contributed by atoms with Crippen LogP contribution in [-0.4, -0.2) is 13.7 Å². The first kappa shape index (κ1) is 10.4. The highest BCUT2D eigenvalue weighted by Crippen LogP contribution is 1.99. The molecule has 0 fully saturated rings. The fraction of sp³-hybridized carbons (Fsp3) is 0.200. The highest BCUT2D eigenvalue weighted by molar-refractivity contribution is 5.17. The molecular weight excluding hydrogens is 152 g/mol. The van der Waals surface area contributed by atoms with E-state index in [9.17, 15) is 0 Å². The number of hydrogen-bond donors (Lipinski definition) is 0. The molecule has 0 aliphatic carbocycles. The zero-order valence-corrected chi connectivity index (χ0v) is 7.17. The molecule has 0 saturated heterocycles. The van der Waals surface area contributed by atoms with E-state index in [2.05, 4.69) is 19.1 Å². The Bertz CT molecular complexity index is 231. The van der Waals surface area contributed by atoms with Crippen LogP contribution in [0, 0.1) is 12.3 Å². The molecule has 2 heteroatoms. The average molecular weight is 164 g/mol. The van der Waals surface area contributed by atoms with E-state index in [1.165, 1.54) is 7.11 Å². The number of hydrogen-bond acceptors (Lipinski definition) is 2. The lowest BCUT2D eigenvalue weighted by atomic mass is 10.4. The van der Waals surface area contributed by atoms with Crippen LogP contribution in [0.15, 0.2) is 36.8 Å². The molecule has 2 nitrogen and oxygen atoms in total. The van der Waals surface area contributed by atoms with E-state index >= 15 is 0 Å². The van der Waals surface area contributed by atoms with Gasteiger partial charge in [-0.15, -0.1) is 6.42 Å². The summed E-state index contributed by atoms with van der Waals surface area (Å²) < 4.78 is 9.76. The van der Waals surface area contributed by atoms with Crippen molar-refractivity contribution in [2.45, 2.75) is 0 Å². The summed E-state index contributed by atoms with van der Waals surface area (Å²) in [5.41, 5.74) is 0. The third-order valence-corrected chi connectivity index (χ3v) is 1.06. The Morgan fingerprint density at radius 1 is 1.42 bits per heavy atom. The second-order valence-electron chi connectivity index (χ2n) is 1.96. The van der Waals surface area contributed by atoms with Gasteiger partial charge in [0.2, 0.25) is 0 Å². The summed E-state index contributed by atoms with van der Waals surface area (Å²) in [6.45, 7) is 7.40. The second-order valence-corrected chi connectivity index (χ2v) is 1.96. The minimum atomic E-state index is 0.225. The van der Waals surface area contributed by atoms with Crippen molar-refractivity contribution in [3.05, 3.63) is 36.8 Å². The normalized spacial score (nSPS) is 9.00. The monoisotopic (exact) mass is 164 g/mol. The van der Waals surface area contributed by atoms with Crippen molar-refractivity contribution in [2.75, 3.05) is 13.7 Å². The lowest BCUT2D eigenvalue weighted by molar-refractivity contribution is 0.268. The van der Waals surface area contributed by atoms with Gasteiger partial charge in [0.1, 0.15) is 18.1 Å². The van der Waals surface area contributed by atoms with E-state index in [1.54, 1.807) is 12.2 Å². The molecule has 0 aliphatic heterocycles. The van der Waals surface area contributed by atoms with Gasteiger partial charge in [-0.1, -0.05) is 19.1 Å². The number of terminal acetylenes is 1. The first-order valence-electron chi connectivity index (χ1n) is 3.37. The first-order chi connectivity index (χ1) is 5.70. The van der Waals surface area contributed by atoms with Crippen LogP contribution in [0.3, 0.4) is 0 Å². The van der Waals surface area contributed by atoms with Crippen molar-refractivity contribution in [2.24, 2.45) is 0 Å². The predicted molar refractivity (Wildman–Crippen MR) is 49.2 cm³/mol. The quantitative estimate of drug-likeness (QED) is 0.351. The van der Waals surface area contributed by atoms with E-state index in [-0.39, 0.29) is 6.61 Å². The smallest absolute Gasteiger partial charge is 0.148 e. The molecule has 0 spiro atoms. The van der Waals surface area contributed by atoms with E-state index < -0.39 is 0 Å². The van der Waals surface area contributed by atoms with Gasteiger partial charge in [-0.3, -0.25) is 0 Å². The molecule has 64 valence electrons. The molecule has 0 aromatic carbocycles. The van der Waals surface area contributed by atoms with Crippen molar-refractivity contribution in [1.29, 1.82) is 0 Å². The molecule has 0 amide bonds. The molecule has 0 heterocycles. The summed E-state index contributed by atoms with van der Waals surface area (Å²) in [6, 6.07) is 0. The minimum absolute atomic E-state index is 0.225. The molecule has 0 N–H and O–H groups in total. The van der Waals surface area contributed by atoms with Crippen molar-refractivity contribution in [3.63, 3.8) is 0 Å². The Hall–Kier alpha value is -1.62. The minimum Gasteiger partial charge on any atom is -0.497 e. The van der Waals surface area contributed by atoms with Crippen molar-refractivity contribution in [1.82, 2.24) is 0 Å². The Kier molecular flexibility index (Phi) is 5.29. The maximum Gasteiger partial charge on any atom is 0.148 e. The van der Waals surface area contributed by atoms with Gasteiger partial charge in [-0.05, 0) is 12.2 Å². The lowest BCUT2D eigenvalue weighted by Gasteiger charge is -2.00. The molecule has 0 aromatic rings. The van der Waals surface area contributed by atoms with Crippen LogP contribution in [-0.2, 0) is 9.47 Å². The number of ether oxygens (including phenoxy) is 2. The maximum atomic E-state index is 4.98. The molecule has 0 atom stereocenters. The Morgan fingerprint density at radius 3 is 2.50 bits per heavy atom. The third kappa shape index (κ3) is 5.19. The van der Waals surface area contributed by atoms with E-state index in [4.69, 9.17) is 15.9 Å². The van der Waals surface area contributed by atoms with Gasteiger partial charge in [0.05, 0.1) is 7.11 Å². The summed E-state index contributed by atoms with van der Waals surface area (Å²) >= 11 is 0. The van der Waals surface area contributed by atoms with Gasteiger partial charge in [0.15, 0.2) is 0 Å². The fourth-order valence-corrected chi connectivity index (χ4v) is 0.436. The Morgan fingerprint density at radius 2 is 2.00 bits per heavy atom. The van der Waals surface area contributed by atoms with Crippen LogP contribution in [0.2, 0.25) is 0 Å². The summed E-state index contributed by atoms with van der Waals surface area (Å²) in [5.74, 6) is 3.36. The molecule has 0 aliphatic rings. The molecule has 0 unspecified atom stereocenters. The molecule has 0 aromatic heterocycles. The first-order valence-corrected chi connectivity index (χ1v) is 3.37. The SMILES string of the molecule is C#CCOC(=C)/C=C\C(=C)OC. The van der Waals surface area contributed by atoms with Crippen molar-refractivity contribution in [3.8, 4) is 12.3 Å².